The van der Waals surface area contributed by atoms with Crippen molar-refractivity contribution in [3.63, 3.8) is 0 Å². The average molecular weight is 301 g/mol. The molecule has 0 heterocycles. The zero-order valence-electron chi connectivity index (χ0n) is 13.0. The minimum atomic E-state index is -0.738. The number of amides is 1. The van der Waals surface area contributed by atoms with Crippen molar-refractivity contribution < 1.29 is 13.9 Å². The highest BCUT2D eigenvalue weighted by molar-refractivity contribution is 5.95. The molecule has 2 aromatic carbocycles. The number of ether oxygens (including phenoxy) is 1. The largest absolute Gasteiger partial charge is 0.478 e. The first-order valence-electron chi connectivity index (χ1n) is 7.30. The van der Waals surface area contributed by atoms with Gasteiger partial charge >= 0.3 is 0 Å². The molecule has 0 saturated carbocycles. The highest BCUT2D eigenvalue weighted by Crippen LogP contribution is 2.20. The molecule has 0 saturated heterocycles. The number of nitrogens with one attached hydrogen (secondary N) is 1. The molecule has 0 radical (unpaired) electrons. The normalized spacial score (nSPS) is 11.8. The lowest BCUT2D eigenvalue weighted by Crippen LogP contribution is -2.32. The molecule has 22 heavy (non-hydrogen) atoms. The molecule has 1 atom stereocenters. The van der Waals surface area contributed by atoms with Crippen LogP contribution in [0.15, 0.2) is 42.5 Å². The zero-order valence-corrected chi connectivity index (χ0v) is 13.0. The molecule has 3 nitrogen and oxygen atoms in total. The topological polar surface area (TPSA) is 38.3 Å². The van der Waals surface area contributed by atoms with Gasteiger partial charge in [-0.3, -0.25) is 4.79 Å². The van der Waals surface area contributed by atoms with Crippen LogP contribution in [0.3, 0.4) is 0 Å². The lowest BCUT2D eigenvalue weighted by atomic mass is 10.1. The molecule has 116 valence electrons. The predicted molar refractivity (Wildman–Crippen MR) is 85.7 cm³/mol. The Labute approximate surface area is 130 Å². The van der Waals surface area contributed by atoms with Crippen LogP contribution in [0.1, 0.15) is 24.5 Å². The first kappa shape index (κ1) is 16.0. The first-order valence-corrected chi connectivity index (χ1v) is 7.30. The molecule has 2 rings (SSSR count). The van der Waals surface area contributed by atoms with Crippen LogP contribution in [0.25, 0.3) is 0 Å². The number of anilines is 1. The minimum Gasteiger partial charge on any atom is -0.478 e. The van der Waals surface area contributed by atoms with Crippen molar-refractivity contribution in [1.29, 1.82) is 0 Å². The average Bonchev–Trinajstić information content (AvgIpc) is 2.49. The van der Waals surface area contributed by atoms with Crippen molar-refractivity contribution in [2.45, 2.75) is 33.3 Å². The third kappa shape index (κ3) is 3.85. The third-order valence-electron chi connectivity index (χ3n) is 3.41. The van der Waals surface area contributed by atoms with Gasteiger partial charge in [0.2, 0.25) is 0 Å². The minimum absolute atomic E-state index is 0.0881. The first-order chi connectivity index (χ1) is 10.5. The van der Waals surface area contributed by atoms with Gasteiger partial charge in [0.05, 0.1) is 0 Å². The summed E-state index contributed by atoms with van der Waals surface area (Å²) in [4.78, 5) is 12.3. The van der Waals surface area contributed by atoms with Gasteiger partial charge in [0.25, 0.3) is 5.91 Å². The van der Waals surface area contributed by atoms with E-state index < -0.39 is 11.9 Å². The Hall–Kier alpha value is -2.36. The van der Waals surface area contributed by atoms with E-state index in [9.17, 15) is 9.18 Å². The van der Waals surface area contributed by atoms with Gasteiger partial charge in [0.15, 0.2) is 17.7 Å². The van der Waals surface area contributed by atoms with E-state index in [1.54, 1.807) is 12.1 Å². The van der Waals surface area contributed by atoms with Gasteiger partial charge in [-0.15, -0.1) is 0 Å². The van der Waals surface area contributed by atoms with Crippen LogP contribution in [0.5, 0.6) is 5.75 Å². The molecular weight excluding hydrogens is 281 g/mol. The van der Waals surface area contributed by atoms with E-state index in [-0.39, 0.29) is 11.7 Å². The van der Waals surface area contributed by atoms with E-state index in [1.807, 2.05) is 39.0 Å². The summed E-state index contributed by atoms with van der Waals surface area (Å²) in [6.07, 6.45) is -0.289. The van der Waals surface area contributed by atoms with Crippen molar-refractivity contribution in [3.05, 3.63) is 59.4 Å². The number of para-hydroxylation sites is 1. The fourth-order valence-electron chi connectivity index (χ4n) is 2.18. The van der Waals surface area contributed by atoms with Gasteiger partial charge in [-0.25, -0.2) is 4.39 Å². The van der Waals surface area contributed by atoms with E-state index in [2.05, 4.69) is 5.32 Å². The fraction of sp³-hybridized carbons (Fsp3) is 0.278. The Morgan fingerprint density at radius 3 is 2.59 bits per heavy atom. The number of carbonyl (C=O) groups excluding carboxylic acids is 1. The molecule has 0 aliphatic carbocycles. The quantitative estimate of drug-likeness (QED) is 0.897. The molecule has 0 aromatic heterocycles. The summed E-state index contributed by atoms with van der Waals surface area (Å²) < 4.78 is 19.1. The number of hydrogen-bond acceptors (Lipinski definition) is 2. The molecule has 0 aliphatic rings. The summed E-state index contributed by atoms with van der Waals surface area (Å²) in [7, 11) is 0. The Balaban J connectivity index is 2.10. The van der Waals surface area contributed by atoms with Crippen LogP contribution in [0.4, 0.5) is 10.1 Å². The van der Waals surface area contributed by atoms with Crippen molar-refractivity contribution in [1.82, 2.24) is 0 Å². The van der Waals surface area contributed by atoms with Crippen molar-refractivity contribution in [2.75, 3.05) is 5.32 Å². The van der Waals surface area contributed by atoms with Crippen molar-refractivity contribution in [3.8, 4) is 5.75 Å². The van der Waals surface area contributed by atoms with Gasteiger partial charge in [0.1, 0.15) is 0 Å². The van der Waals surface area contributed by atoms with Crippen LogP contribution >= 0.6 is 0 Å². The summed E-state index contributed by atoms with van der Waals surface area (Å²) >= 11 is 0. The summed E-state index contributed by atoms with van der Waals surface area (Å²) in [6.45, 7) is 5.75. The highest BCUT2D eigenvalue weighted by Gasteiger charge is 2.20. The molecule has 4 heteroatoms. The Kier molecular flexibility index (Phi) is 5.15. The second-order valence-electron chi connectivity index (χ2n) is 5.25. The van der Waals surface area contributed by atoms with Gasteiger partial charge in [-0.1, -0.05) is 36.8 Å². The van der Waals surface area contributed by atoms with Crippen molar-refractivity contribution in [2.24, 2.45) is 0 Å². The monoisotopic (exact) mass is 301 g/mol. The number of aryl methyl sites for hydroxylation is 2. The molecule has 0 aliphatic heterocycles. The molecule has 1 N–H and O–H groups in total. The summed E-state index contributed by atoms with van der Waals surface area (Å²) in [5, 5.41) is 2.84. The lowest BCUT2D eigenvalue weighted by molar-refractivity contribution is -0.122. The lowest BCUT2D eigenvalue weighted by Gasteiger charge is -2.18. The second-order valence-corrected chi connectivity index (χ2v) is 5.25. The van der Waals surface area contributed by atoms with E-state index >= 15 is 0 Å². The number of benzene rings is 2. The number of rotatable bonds is 5. The number of halogens is 1. The van der Waals surface area contributed by atoms with Gasteiger partial charge in [-0.2, -0.15) is 0 Å². The summed E-state index contributed by atoms with van der Waals surface area (Å²) in [6, 6.07) is 11.9. The molecule has 2 aromatic rings. The summed E-state index contributed by atoms with van der Waals surface area (Å²) in [5.41, 5.74) is 2.85. The molecular formula is C18H20FNO2. The predicted octanol–water partition coefficient (Wildman–Crippen LogP) is 4.24. The van der Waals surface area contributed by atoms with E-state index in [0.717, 1.165) is 16.8 Å². The molecule has 0 fully saturated rings. The Morgan fingerprint density at radius 2 is 1.95 bits per heavy atom. The smallest absolute Gasteiger partial charge is 0.265 e. The van der Waals surface area contributed by atoms with Crippen LogP contribution in [0, 0.1) is 19.7 Å². The number of hydrogen-bond donors (Lipinski definition) is 1. The maximum Gasteiger partial charge on any atom is 0.265 e. The van der Waals surface area contributed by atoms with E-state index in [4.69, 9.17) is 4.74 Å². The molecule has 0 unspecified atom stereocenters. The molecule has 1 amide bonds. The van der Waals surface area contributed by atoms with Crippen LogP contribution in [0.2, 0.25) is 0 Å². The summed E-state index contributed by atoms with van der Waals surface area (Å²) in [5.74, 6) is -0.664. The fourth-order valence-corrected chi connectivity index (χ4v) is 2.18. The maximum atomic E-state index is 13.6. The molecule has 0 spiro atoms. The maximum absolute atomic E-state index is 13.6. The SMILES string of the molecule is CC[C@@H](Oc1ccccc1F)C(=O)Nc1ccc(C)cc1C. The van der Waals surface area contributed by atoms with Crippen molar-refractivity contribution >= 4 is 11.6 Å². The van der Waals surface area contributed by atoms with E-state index in [1.165, 1.54) is 12.1 Å². The van der Waals surface area contributed by atoms with Gasteiger partial charge < -0.3 is 10.1 Å². The van der Waals surface area contributed by atoms with Crippen LogP contribution < -0.4 is 10.1 Å². The Bertz CT molecular complexity index is 670. The van der Waals surface area contributed by atoms with Crippen LogP contribution in [-0.2, 0) is 4.79 Å². The number of carbonyl (C=O) groups is 1. The zero-order chi connectivity index (χ0) is 16.1. The second kappa shape index (κ2) is 7.07. The molecule has 0 bridgehead atoms. The van der Waals surface area contributed by atoms with Crippen LogP contribution in [-0.4, -0.2) is 12.0 Å². The Morgan fingerprint density at radius 1 is 1.23 bits per heavy atom. The highest BCUT2D eigenvalue weighted by atomic mass is 19.1. The van der Waals surface area contributed by atoms with Gasteiger partial charge in [0, 0.05) is 5.69 Å². The van der Waals surface area contributed by atoms with E-state index in [0.29, 0.717) is 6.42 Å². The van der Waals surface area contributed by atoms with Gasteiger partial charge in [-0.05, 0) is 44.0 Å². The standard InChI is InChI=1S/C18H20FNO2/c1-4-16(22-17-8-6-5-7-14(17)19)18(21)20-15-10-9-12(2)11-13(15)3/h5-11,16H,4H2,1-3H3,(H,20,21)/t16-/m1/s1. The third-order valence-corrected chi connectivity index (χ3v) is 3.41.